The fourth-order valence-electron chi connectivity index (χ4n) is 3.19. The van der Waals surface area contributed by atoms with Crippen molar-refractivity contribution in [2.24, 2.45) is 10.9 Å². The molecule has 31 heavy (non-hydrogen) atoms. The van der Waals surface area contributed by atoms with E-state index in [1.165, 1.54) is 0 Å². The van der Waals surface area contributed by atoms with Crippen LogP contribution in [0.2, 0.25) is 0 Å². The van der Waals surface area contributed by atoms with Crippen LogP contribution < -0.4 is 21.3 Å². The zero-order chi connectivity index (χ0) is 22.6. The Morgan fingerprint density at radius 2 is 1.68 bits per heavy atom. The third kappa shape index (κ3) is 5.84. The van der Waals surface area contributed by atoms with Crippen molar-refractivity contribution in [3.8, 4) is 0 Å². The van der Waals surface area contributed by atoms with Crippen LogP contribution in [0, 0.1) is 5.92 Å². The largest absolute Gasteiger partial charge is 0.355 e. The molecule has 1 saturated heterocycles. The Labute approximate surface area is 183 Å². The van der Waals surface area contributed by atoms with Crippen LogP contribution in [0.25, 0.3) is 0 Å². The van der Waals surface area contributed by atoms with Crippen molar-refractivity contribution < 1.29 is 9.59 Å². The lowest BCUT2D eigenvalue weighted by Gasteiger charge is -2.24. The molecule has 2 aromatic rings. The lowest BCUT2D eigenvalue weighted by atomic mass is 9.84. The van der Waals surface area contributed by atoms with Crippen molar-refractivity contribution in [3.05, 3.63) is 53.6 Å². The Hall–Kier alpha value is -3.35. The molecule has 1 aliphatic rings. The molecule has 164 valence electrons. The van der Waals surface area contributed by atoms with E-state index in [0.717, 1.165) is 35.7 Å². The minimum Gasteiger partial charge on any atom is -0.355 e. The summed E-state index contributed by atoms with van der Waals surface area (Å²) in [4.78, 5) is 28.8. The number of rotatable bonds is 5. The number of hydrogen-bond acceptors (Lipinski definition) is 3. The molecule has 0 aromatic heterocycles. The number of nitrogens with zero attached hydrogens (tertiary/aromatic N) is 1. The Morgan fingerprint density at radius 1 is 1.00 bits per heavy atom. The van der Waals surface area contributed by atoms with Crippen LogP contribution >= 0.6 is 0 Å². The third-order valence-electron chi connectivity index (χ3n) is 4.93. The van der Waals surface area contributed by atoms with Gasteiger partial charge in [-0.2, -0.15) is 4.99 Å². The van der Waals surface area contributed by atoms with E-state index >= 15 is 0 Å². The fraction of sp³-hybridized carbons (Fsp3) is 0.375. The van der Waals surface area contributed by atoms with Gasteiger partial charge in [-0.15, -0.1) is 0 Å². The van der Waals surface area contributed by atoms with Crippen LogP contribution in [0.3, 0.4) is 0 Å². The highest BCUT2D eigenvalue weighted by Gasteiger charge is 2.21. The fourth-order valence-corrected chi connectivity index (χ4v) is 3.19. The van der Waals surface area contributed by atoms with Gasteiger partial charge in [-0.25, -0.2) is 0 Å². The summed E-state index contributed by atoms with van der Waals surface area (Å²) in [6.07, 6.45) is 0. The molecule has 2 amide bonds. The lowest BCUT2D eigenvalue weighted by molar-refractivity contribution is -0.118. The first-order valence-electron chi connectivity index (χ1n) is 10.6. The highest BCUT2D eigenvalue weighted by Crippen LogP contribution is 2.33. The van der Waals surface area contributed by atoms with Gasteiger partial charge in [0, 0.05) is 41.6 Å². The minimum atomic E-state index is -0.285. The van der Waals surface area contributed by atoms with Crippen molar-refractivity contribution >= 4 is 34.8 Å². The summed E-state index contributed by atoms with van der Waals surface area (Å²) in [5, 5.41) is 12.5. The minimum absolute atomic E-state index is 0.0248. The molecule has 7 heteroatoms. The van der Waals surface area contributed by atoms with E-state index in [-0.39, 0.29) is 23.1 Å². The zero-order valence-corrected chi connectivity index (χ0v) is 18.8. The SMILES string of the molecule is CC(C)C(=O)Nc1cccc(Nc2ccc(C(=O)N=C3NCCN3)cc2C(C)(C)C)c1. The number of guanidine groups is 1. The number of amides is 2. The molecule has 0 aliphatic carbocycles. The number of benzene rings is 2. The first-order valence-corrected chi connectivity index (χ1v) is 10.6. The van der Waals surface area contributed by atoms with Crippen LogP contribution in [-0.2, 0) is 10.2 Å². The smallest absolute Gasteiger partial charge is 0.280 e. The molecule has 0 saturated carbocycles. The van der Waals surface area contributed by atoms with E-state index in [9.17, 15) is 9.59 Å². The Bertz CT molecular complexity index is 997. The predicted molar refractivity (Wildman–Crippen MR) is 126 cm³/mol. The standard InChI is InChI=1S/C24H31N5O2/c1-15(2)21(30)28-18-8-6-7-17(14-18)27-20-10-9-16(13-19(20)24(3,4)5)22(31)29-23-25-11-12-26-23/h6-10,13-15,27H,11-12H2,1-5H3,(H,28,30)(H2,25,26,29,31). The van der Waals surface area contributed by atoms with Gasteiger partial charge < -0.3 is 21.3 Å². The monoisotopic (exact) mass is 421 g/mol. The Morgan fingerprint density at radius 3 is 2.32 bits per heavy atom. The quantitative estimate of drug-likeness (QED) is 0.585. The number of carbonyl (C=O) groups is 2. The van der Waals surface area contributed by atoms with Gasteiger partial charge in [0.25, 0.3) is 5.91 Å². The van der Waals surface area contributed by atoms with Crippen molar-refractivity contribution in [1.82, 2.24) is 10.6 Å². The number of hydrogen-bond donors (Lipinski definition) is 4. The van der Waals surface area contributed by atoms with Crippen molar-refractivity contribution in [1.29, 1.82) is 0 Å². The van der Waals surface area contributed by atoms with Gasteiger partial charge in [0.05, 0.1) is 0 Å². The lowest BCUT2D eigenvalue weighted by Crippen LogP contribution is -2.25. The molecule has 0 unspecified atom stereocenters. The number of nitrogens with one attached hydrogen (secondary N) is 4. The van der Waals surface area contributed by atoms with Crippen LogP contribution in [0.4, 0.5) is 17.1 Å². The summed E-state index contributed by atoms with van der Waals surface area (Å²) in [6, 6.07) is 13.2. The first kappa shape index (κ1) is 22.3. The van der Waals surface area contributed by atoms with E-state index in [1.807, 2.05) is 50.2 Å². The average molecular weight is 422 g/mol. The third-order valence-corrected chi connectivity index (χ3v) is 4.93. The number of anilines is 3. The molecule has 4 N–H and O–H groups in total. The molecule has 1 fully saturated rings. The van der Waals surface area contributed by atoms with Gasteiger partial charge in [-0.3, -0.25) is 9.59 Å². The first-order chi connectivity index (χ1) is 14.6. The second-order valence-corrected chi connectivity index (χ2v) is 8.98. The molecule has 1 heterocycles. The Kier molecular flexibility index (Phi) is 6.63. The summed E-state index contributed by atoms with van der Waals surface area (Å²) < 4.78 is 0. The molecule has 2 aromatic carbocycles. The van der Waals surface area contributed by atoms with Crippen LogP contribution in [0.1, 0.15) is 50.5 Å². The Balaban J connectivity index is 1.87. The van der Waals surface area contributed by atoms with Crippen molar-refractivity contribution in [2.45, 2.75) is 40.0 Å². The van der Waals surface area contributed by atoms with Gasteiger partial charge in [0.2, 0.25) is 5.91 Å². The molecule has 1 aliphatic heterocycles. The summed E-state index contributed by atoms with van der Waals surface area (Å²) in [7, 11) is 0. The second-order valence-electron chi connectivity index (χ2n) is 8.98. The van der Waals surface area contributed by atoms with Crippen molar-refractivity contribution in [2.75, 3.05) is 23.7 Å². The van der Waals surface area contributed by atoms with E-state index in [1.54, 1.807) is 6.07 Å². The zero-order valence-electron chi connectivity index (χ0n) is 18.8. The average Bonchev–Trinajstić information content (AvgIpc) is 3.20. The van der Waals surface area contributed by atoms with Gasteiger partial charge in [0.1, 0.15) is 0 Å². The molecule has 0 bridgehead atoms. The molecule has 0 atom stereocenters. The maximum absolute atomic E-state index is 12.6. The second kappa shape index (κ2) is 9.20. The van der Waals surface area contributed by atoms with E-state index in [0.29, 0.717) is 11.5 Å². The summed E-state index contributed by atoms with van der Waals surface area (Å²) in [6.45, 7) is 11.6. The van der Waals surface area contributed by atoms with E-state index < -0.39 is 0 Å². The number of aliphatic imine (C=N–C) groups is 1. The van der Waals surface area contributed by atoms with Gasteiger partial charge in [0.15, 0.2) is 5.96 Å². The highest BCUT2D eigenvalue weighted by atomic mass is 16.2. The topological polar surface area (TPSA) is 94.6 Å². The summed E-state index contributed by atoms with van der Waals surface area (Å²) in [5.74, 6) is 0.118. The molecule has 0 radical (unpaired) electrons. The predicted octanol–water partition coefficient (Wildman–Crippen LogP) is 4.01. The summed E-state index contributed by atoms with van der Waals surface area (Å²) in [5.41, 5.74) is 3.84. The van der Waals surface area contributed by atoms with Crippen molar-refractivity contribution in [3.63, 3.8) is 0 Å². The molecule has 0 spiro atoms. The van der Waals surface area contributed by atoms with Gasteiger partial charge >= 0.3 is 0 Å². The summed E-state index contributed by atoms with van der Waals surface area (Å²) >= 11 is 0. The van der Waals surface area contributed by atoms with Gasteiger partial charge in [-0.1, -0.05) is 40.7 Å². The van der Waals surface area contributed by atoms with Gasteiger partial charge in [-0.05, 0) is 47.4 Å². The number of carbonyl (C=O) groups excluding carboxylic acids is 2. The normalized spacial score (nSPS) is 13.4. The van der Waals surface area contributed by atoms with E-state index in [4.69, 9.17) is 0 Å². The molecule has 3 rings (SSSR count). The maximum atomic E-state index is 12.6. The molecule has 7 nitrogen and oxygen atoms in total. The maximum Gasteiger partial charge on any atom is 0.280 e. The van der Waals surface area contributed by atoms with Crippen LogP contribution in [0.15, 0.2) is 47.5 Å². The highest BCUT2D eigenvalue weighted by molar-refractivity contribution is 6.03. The van der Waals surface area contributed by atoms with Crippen LogP contribution in [0.5, 0.6) is 0 Å². The molecular weight excluding hydrogens is 390 g/mol. The van der Waals surface area contributed by atoms with Crippen LogP contribution in [-0.4, -0.2) is 30.9 Å². The molecular formula is C24H31N5O2. The van der Waals surface area contributed by atoms with E-state index in [2.05, 4.69) is 47.0 Å².